The normalized spacial score (nSPS) is 12.1. The van der Waals surface area contributed by atoms with E-state index in [1.54, 1.807) is 30.3 Å². The molecule has 0 spiro atoms. The highest BCUT2D eigenvalue weighted by Gasteiger charge is 2.29. The monoisotopic (exact) mass is 619 g/mol. The quantitative estimate of drug-likeness (QED) is 0.249. The number of unbranched alkanes of at least 4 members (excludes halogenated alkanes) is 1. The Morgan fingerprint density at radius 2 is 1.72 bits per heavy atom. The van der Waals surface area contributed by atoms with E-state index in [2.05, 4.69) is 5.32 Å². The molecule has 1 atom stereocenters. The number of ether oxygens (including phenoxy) is 1. The van der Waals surface area contributed by atoms with Crippen LogP contribution in [0, 0.1) is 0 Å². The number of sulfonamides is 1. The van der Waals surface area contributed by atoms with Crippen LogP contribution in [0.5, 0.6) is 5.75 Å². The summed E-state index contributed by atoms with van der Waals surface area (Å²) in [5.41, 5.74) is 1.09. The molecule has 1 N–H and O–H groups in total. The fourth-order valence-corrected chi connectivity index (χ4v) is 5.60. The van der Waals surface area contributed by atoms with E-state index in [0.717, 1.165) is 24.7 Å². The Morgan fingerprint density at radius 3 is 2.28 bits per heavy atom. The van der Waals surface area contributed by atoms with Crippen molar-refractivity contribution in [1.29, 1.82) is 0 Å². The van der Waals surface area contributed by atoms with Gasteiger partial charge in [0, 0.05) is 26.1 Å². The van der Waals surface area contributed by atoms with Gasteiger partial charge in [0.05, 0.1) is 34.1 Å². The Bertz CT molecular complexity index is 1240. The molecule has 0 saturated carbocycles. The van der Waals surface area contributed by atoms with Crippen LogP contribution < -0.4 is 14.4 Å². The molecule has 0 aliphatic carbocycles. The van der Waals surface area contributed by atoms with Crippen LogP contribution in [0.3, 0.4) is 0 Å². The molecule has 0 heterocycles. The summed E-state index contributed by atoms with van der Waals surface area (Å²) in [6.45, 7) is 4.60. The number of hydrogen-bond donors (Lipinski definition) is 1. The van der Waals surface area contributed by atoms with Crippen LogP contribution >= 0.6 is 34.8 Å². The molecule has 0 radical (unpaired) electrons. The van der Waals surface area contributed by atoms with Crippen molar-refractivity contribution in [2.45, 2.75) is 58.5 Å². The van der Waals surface area contributed by atoms with Crippen LogP contribution in [-0.2, 0) is 26.2 Å². The van der Waals surface area contributed by atoms with Gasteiger partial charge in [-0.3, -0.25) is 13.9 Å². The number of amides is 2. The van der Waals surface area contributed by atoms with Gasteiger partial charge in [-0.2, -0.15) is 0 Å². The first-order valence-corrected chi connectivity index (χ1v) is 15.7. The van der Waals surface area contributed by atoms with E-state index in [1.807, 2.05) is 13.8 Å². The summed E-state index contributed by atoms with van der Waals surface area (Å²) in [5.74, 6) is -0.0883. The van der Waals surface area contributed by atoms with E-state index in [1.165, 1.54) is 22.4 Å². The van der Waals surface area contributed by atoms with Crippen molar-refractivity contribution in [3.8, 4) is 5.75 Å². The minimum absolute atomic E-state index is 0.0238. The third-order valence-corrected chi connectivity index (χ3v) is 8.36. The Morgan fingerprint density at radius 1 is 1.00 bits per heavy atom. The van der Waals surface area contributed by atoms with Crippen LogP contribution in [-0.4, -0.2) is 57.6 Å². The number of rotatable bonds is 15. The molecule has 1 unspecified atom stereocenters. The maximum absolute atomic E-state index is 13.5. The van der Waals surface area contributed by atoms with Gasteiger partial charge in [0.25, 0.3) is 0 Å². The van der Waals surface area contributed by atoms with Gasteiger partial charge in [0.1, 0.15) is 11.8 Å². The average Bonchev–Trinajstić information content (AvgIpc) is 2.87. The fraction of sp³-hybridized carbons (Fsp3) is 0.481. The molecule has 2 rings (SSSR count). The molecule has 12 heteroatoms. The zero-order valence-electron chi connectivity index (χ0n) is 22.7. The molecule has 2 aromatic rings. The predicted molar refractivity (Wildman–Crippen MR) is 158 cm³/mol. The second-order valence-corrected chi connectivity index (χ2v) is 12.2. The van der Waals surface area contributed by atoms with Crippen molar-refractivity contribution in [2.24, 2.45) is 0 Å². The molecule has 216 valence electrons. The predicted octanol–water partition coefficient (Wildman–Crippen LogP) is 5.93. The third kappa shape index (κ3) is 9.74. The second kappa shape index (κ2) is 15.6. The molecule has 2 aromatic carbocycles. The number of carbonyl (C=O) groups is 2. The van der Waals surface area contributed by atoms with E-state index in [0.29, 0.717) is 34.4 Å². The van der Waals surface area contributed by atoms with Crippen molar-refractivity contribution < 1.29 is 22.7 Å². The molecule has 0 aromatic heterocycles. The summed E-state index contributed by atoms with van der Waals surface area (Å²) < 4.78 is 31.5. The van der Waals surface area contributed by atoms with E-state index in [4.69, 9.17) is 39.5 Å². The van der Waals surface area contributed by atoms with Crippen LogP contribution in [0.4, 0.5) is 5.69 Å². The highest BCUT2D eigenvalue weighted by atomic mass is 35.5. The molecule has 0 aliphatic heterocycles. The molecule has 0 saturated heterocycles. The lowest BCUT2D eigenvalue weighted by Gasteiger charge is -2.31. The van der Waals surface area contributed by atoms with Crippen LogP contribution in [0.15, 0.2) is 36.4 Å². The number of hydrogen-bond acceptors (Lipinski definition) is 5. The van der Waals surface area contributed by atoms with Crippen LogP contribution in [0.1, 0.15) is 51.5 Å². The molecule has 0 fully saturated rings. The van der Waals surface area contributed by atoms with Gasteiger partial charge in [-0.05, 0) is 55.2 Å². The molecule has 39 heavy (non-hydrogen) atoms. The first-order valence-electron chi connectivity index (χ1n) is 12.7. The summed E-state index contributed by atoms with van der Waals surface area (Å²) in [4.78, 5) is 28.1. The average molecular weight is 621 g/mol. The zero-order chi connectivity index (χ0) is 29.2. The number of methoxy groups -OCH3 is 1. The Labute approximate surface area is 246 Å². The number of benzene rings is 2. The van der Waals surface area contributed by atoms with E-state index in [9.17, 15) is 18.0 Å². The third-order valence-electron chi connectivity index (χ3n) is 6.13. The zero-order valence-corrected chi connectivity index (χ0v) is 25.8. The number of carbonyl (C=O) groups excluding carboxylic acids is 2. The molecular formula is C27H36Cl3N3O5S. The summed E-state index contributed by atoms with van der Waals surface area (Å²) in [7, 11) is -2.19. The van der Waals surface area contributed by atoms with Crippen LogP contribution in [0.25, 0.3) is 0 Å². The van der Waals surface area contributed by atoms with E-state index < -0.39 is 16.1 Å². The van der Waals surface area contributed by atoms with Gasteiger partial charge in [0.2, 0.25) is 21.8 Å². The largest absolute Gasteiger partial charge is 0.495 e. The Kier molecular flexibility index (Phi) is 13.2. The number of nitrogens with zero attached hydrogens (tertiary/aromatic N) is 2. The second-order valence-electron chi connectivity index (χ2n) is 9.10. The van der Waals surface area contributed by atoms with Gasteiger partial charge < -0.3 is 15.0 Å². The fourth-order valence-electron chi connectivity index (χ4n) is 4.07. The summed E-state index contributed by atoms with van der Waals surface area (Å²) >= 11 is 18.5. The minimum Gasteiger partial charge on any atom is -0.495 e. The maximum Gasteiger partial charge on any atom is 0.242 e. The van der Waals surface area contributed by atoms with Crippen molar-refractivity contribution in [1.82, 2.24) is 10.2 Å². The van der Waals surface area contributed by atoms with Crippen LogP contribution in [0.2, 0.25) is 15.1 Å². The highest BCUT2D eigenvalue weighted by molar-refractivity contribution is 7.92. The lowest BCUT2D eigenvalue weighted by atomic mass is 10.1. The number of halogens is 3. The lowest BCUT2D eigenvalue weighted by molar-refractivity contribution is -0.141. The van der Waals surface area contributed by atoms with Crippen molar-refractivity contribution >= 4 is 62.3 Å². The van der Waals surface area contributed by atoms with Crippen molar-refractivity contribution in [3.05, 3.63) is 57.0 Å². The molecule has 8 nitrogen and oxygen atoms in total. The SMILES string of the molecule is CCCCNC(=O)C(CC)N(Cc1ccc(Cl)c(Cl)c1)C(=O)CCCN(c1ccc(OC)c(Cl)c1)S(C)(=O)=O. The lowest BCUT2D eigenvalue weighted by Crippen LogP contribution is -2.49. The molecule has 2 amide bonds. The standard InChI is InChI=1S/C27H36Cl3N3O5S/c1-5-7-14-31-27(35)24(6-2)32(18-19-10-12-21(28)22(29)16-19)26(34)9-8-15-33(39(4,36)37)20-11-13-25(38-3)23(30)17-20/h10-13,16-17,24H,5-9,14-15,18H2,1-4H3,(H,31,35). The topological polar surface area (TPSA) is 96.0 Å². The molecular weight excluding hydrogens is 585 g/mol. The number of anilines is 1. The minimum atomic E-state index is -3.66. The number of nitrogens with one attached hydrogen (secondary N) is 1. The Balaban J connectivity index is 2.24. The van der Waals surface area contributed by atoms with Gasteiger partial charge in [-0.25, -0.2) is 8.42 Å². The van der Waals surface area contributed by atoms with E-state index in [-0.39, 0.29) is 42.8 Å². The first kappa shape index (κ1) is 33.0. The summed E-state index contributed by atoms with van der Waals surface area (Å²) in [6, 6.07) is 9.07. The summed E-state index contributed by atoms with van der Waals surface area (Å²) in [5, 5.41) is 3.93. The smallest absolute Gasteiger partial charge is 0.242 e. The van der Waals surface area contributed by atoms with Crippen molar-refractivity contribution in [2.75, 3.05) is 30.8 Å². The molecule has 0 bridgehead atoms. The molecule has 0 aliphatic rings. The van der Waals surface area contributed by atoms with E-state index >= 15 is 0 Å². The Hall–Kier alpha value is -2.20. The van der Waals surface area contributed by atoms with Crippen molar-refractivity contribution in [3.63, 3.8) is 0 Å². The van der Waals surface area contributed by atoms with Gasteiger partial charge >= 0.3 is 0 Å². The first-order chi connectivity index (χ1) is 18.4. The van der Waals surface area contributed by atoms with Gasteiger partial charge in [-0.15, -0.1) is 0 Å². The maximum atomic E-state index is 13.5. The van der Waals surface area contributed by atoms with Gasteiger partial charge in [-0.1, -0.05) is 61.1 Å². The summed E-state index contributed by atoms with van der Waals surface area (Å²) in [6.07, 6.45) is 3.51. The highest BCUT2D eigenvalue weighted by Crippen LogP contribution is 2.30. The van der Waals surface area contributed by atoms with Gasteiger partial charge in [0.15, 0.2) is 0 Å².